The van der Waals surface area contributed by atoms with Gasteiger partial charge in [0.15, 0.2) is 5.96 Å². The van der Waals surface area contributed by atoms with Crippen molar-refractivity contribution in [1.82, 2.24) is 15.1 Å². The van der Waals surface area contributed by atoms with Gasteiger partial charge in [-0.3, -0.25) is 4.79 Å². The third-order valence-electron chi connectivity index (χ3n) is 5.59. The molecule has 3 rings (SSSR count). The lowest BCUT2D eigenvalue weighted by molar-refractivity contribution is -0.127. The fourth-order valence-electron chi connectivity index (χ4n) is 3.73. The summed E-state index contributed by atoms with van der Waals surface area (Å²) in [6.07, 6.45) is 6.45. The Morgan fingerprint density at radius 3 is 2.78 bits per heavy atom. The molecule has 1 saturated carbocycles. The molecule has 23 heavy (non-hydrogen) atoms. The Bertz CT molecular complexity index is 454. The number of aliphatic imine (C=N–C) groups is 1. The standard InChI is InChI=1S/C17H30N4O2/c1-20(2)15(22)11-19-16(18-10-14-4-9-23-12-14)21-8-7-17(13-21)5-3-6-17/h14H,3-13H2,1-2H3,(H,18,19). The second-order valence-electron chi connectivity index (χ2n) is 7.56. The third kappa shape index (κ3) is 3.97. The smallest absolute Gasteiger partial charge is 0.243 e. The van der Waals surface area contributed by atoms with Gasteiger partial charge in [0.1, 0.15) is 6.54 Å². The summed E-state index contributed by atoms with van der Waals surface area (Å²) in [6.45, 7) is 4.96. The zero-order valence-electron chi connectivity index (χ0n) is 14.5. The molecule has 2 saturated heterocycles. The maximum atomic E-state index is 11.9. The van der Waals surface area contributed by atoms with Crippen molar-refractivity contribution in [2.75, 3.05) is 53.5 Å². The van der Waals surface area contributed by atoms with Crippen molar-refractivity contribution in [2.45, 2.75) is 32.1 Å². The molecule has 1 amide bonds. The van der Waals surface area contributed by atoms with E-state index in [2.05, 4.69) is 15.2 Å². The van der Waals surface area contributed by atoms with E-state index in [1.807, 2.05) is 0 Å². The van der Waals surface area contributed by atoms with E-state index in [0.29, 0.717) is 11.3 Å². The van der Waals surface area contributed by atoms with Crippen LogP contribution < -0.4 is 5.32 Å². The number of ether oxygens (including phenoxy) is 1. The Morgan fingerprint density at radius 1 is 1.39 bits per heavy atom. The van der Waals surface area contributed by atoms with Gasteiger partial charge in [-0.1, -0.05) is 6.42 Å². The lowest BCUT2D eigenvalue weighted by atomic mass is 9.68. The molecule has 0 aromatic rings. The van der Waals surface area contributed by atoms with Crippen LogP contribution in [0.5, 0.6) is 0 Å². The molecule has 1 spiro atoms. The molecule has 130 valence electrons. The van der Waals surface area contributed by atoms with E-state index < -0.39 is 0 Å². The summed E-state index contributed by atoms with van der Waals surface area (Å²) in [6, 6.07) is 0. The molecule has 1 unspecified atom stereocenters. The van der Waals surface area contributed by atoms with E-state index in [1.165, 1.54) is 25.7 Å². The van der Waals surface area contributed by atoms with E-state index in [-0.39, 0.29) is 12.5 Å². The van der Waals surface area contributed by atoms with Crippen LogP contribution in [0.2, 0.25) is 0 Å². The molecule has 1 N–H and O–H groups in total. The number of likely N-dealkylation sites (tertiary alicyclic amines) is 1. The summed E-state index contributed by atoms with van der Waals surface area (Å²) in [5.74, 6) is 1.52. The van der Waals surface area contributed by atoms with E-state index in [4.69, 9.17) is 4.74 Å². The first-order chi connectivity index (χ1) is 11.1. The highest BCUT2D eigenvalue weighted by atomic mass is 16.5. The van der Waals surface area contributed by atoms with Gasteiger partial charge in [-0.2, -0.15) is 0 Å². The average molecular weight is 322 g/mol. The predicted octanol–water partition coefficient (Wildman–Crippen LogP) is 0.933. The lowest BCUT2D eigenvalue weighted by Crippen LogP contribution is -2.44. The maximum Gasteiger partial charge on any atom is 0.243 e. The van der Waals surface area contributed by atoms with Crippen molar-refractivity contribution in [3.63, 3.8) is 0 Å². The van der Waals surface area contributed by atoms with Crippen LogP contribution >= 0.6 is 0 Å². The second kappa shape index (κ2) is 7.07. The summed E-state index contributed by atoms with van der Waals surface area (Å²) < 4.78 is 5.45. The number of hydrogen-bond donors (Lipinski definition) is 1. The zero-order valence-corrected chi connectivity index (χ0v) is 14.5. The van der Waals surface area contributed by atoms with E-state index in [1.54, 1.807) is 19.0 Å². The Labute approximate surface area is 139 Å². The van der Waals surface area contributed by atoms with Crippen molar-refractivity contribution >= 4 is 11.9 Å². The Kier molecular flexibility index (Phi) is 5.09. The predicted molar refractivity (Wildman–Crippen MR) is 90.4 cm³/mol. The Morgan fingerprint density at radius 2 is 2.22 bits per heavy atom. The molecule has 3 aliphatic rings. The molecule has 2 heterocycles. The number of carbonyl (C=O) groups is 1. The number of amides is 1. The van der Waals surface area contributed by atoms with Crippen LogP contribution in [0.15, 0.2) is 4.99 Å². The highest BCUT2D eigenvalue weighted by molar-refractivity contribution is 5.85. The number of rotatable bonds is 4. The second-order valence-corrected chi connectivity index (χ2v) is 7.56. The van der Waals surface area contributed by atoms with Gasteiger partial charge in [-0.25, -0.2) is 4.99 Å². The first-order valence-corrected chi connectivity index (χ1v) is 8.89. The Balaban J connectivity index is 1.60. The van der Waals surface area contributed by atoms with Gasteiger partial charge in [0.05, 0.1) is 6.61 Å². The van der Waals surface area contributed by atoms with E-state index in [9.17, 15) is 4.79 Å². The first-order valence-electron chi connectivity index (χ1n) is 8.89. The van der Waals surface area contributed by atoms with Gasteiger partial charge in [0.25, 0.3) is 0 Å². The molecular weight excluding hydrogens is 292 g/mol. The van der Waals surface area contributed by atoms with Gasteiger partial charge in [-0.05, 0) is 31.1 Å². The number of likely N-dealkylation sites (N-methyl/N-ethyl adjacent to an activating group) is 1. The van der Waals surface area contributed by atoms with Crippen LogP contribution in [0, 0.1) is 11.3 Å². The highest BCUT2D eigenvalue weighted by Crippen LogP contribution is 2.47. The summed E-state index contributed by atoms with van der Waals surface area (Å²) >= 11 is 0. The molecule has 6 heteroatoms. The highest BCUT2D eigenvalue weighted by Gasteiger charge is 2.43. The van der Waals surface area contributed by atoms with Crippen LogP contribution in [-0.4, -0.2) is 75.2 Å². The maximum absolute atomic E-state index is 11.9. The number of nitrogens with one attached hydrogen (secondary N) is 1. The average Bonchev–Trinajstić information content (AvgIpc) is 3.15. The molecule has 0 aromatic carbocycles. The fourth-order valence-corrected chi connectivity index (χ4v) is 3.73. The van der Waals surface area contributed by atoms with Crippen LogP contribution in [-0.2, 0) is 9.53 Å². The SMILES string of the molecule is CN(C)C(=O)CN=C(NCC1CCOC1)N1CCC2(CCC2)C1. The summed E-state index contributed by atoms with van der Waals surface area (Å²) in [4.78, 5) is 20.4. The number of hydrogen-bond acceptors (Lipinski definition) is 3. The molecule has 2 aliphatic heterocycles. The molecule has 1 aliphatic carbocycles. The Hall–Kier alpha value is -1.30. The molecule has 0 bridgehead atoms. The number of nitrogens with zero attached hydrogens (tertiary/aromatic N) is 3. The van der Waals surface area contributed by atoms with Crippen molar-refractivity contribution in [2.24, 2.45) is 16.3 Å². The quantitative estimate of drug-likeness (QED) is 0.618. The monoisotopic (exact) mass is 322 g/mol. The van der Waals surface area contributed by atoms with Crippen molar-refractivity contribution in [3.05, 3.63) is 0 Å². The van der Waals surface area contributed by atoms with Gasteiger partial charge in [0, 0.05) is 46.3 Å². The molecular formula is C17H30N4O2. The minimum absolute atomic E-state index is 0.0473. The van der Waals surface area contributed by atoms with Gasteiger partial charge in [0.2, 0.25) is 5.91 Å². The van der Waals surface area contributed by atoms with Gasteiger partial charge >= 0.3 is 0 Å². The van der Waals surface area contributed by atoms with Crippen molar-refractivity contribution < 1.29 is 9.53 Å². The van der Waals surface area contributed by atoms with Crippen LogP contribution in [0.3, 0.4) is 0 Å². The molecule has 1 atom stereocenters. The normalized spacial score (nSPS) is 26.4. The molecule has 0 aromatic heterocycles. The fraction of sp³-hybridized carbons (Fsp3) is 0.882. The zero-order chi connectivity index (χ0) is 16.3. The largest absolute Gasteiger partial charge is 0.381 e. The first kappa shape index (κ1) is 16.6. The third-order valence-corrected chi connectivity index (χ3v) is 5.59. The lowest BCUT2D eigenvalue weighted by Gasteiger charge is -2.38. The van der Waals surface area contributed by atoms with Gasteiger partial charge < -0.3 is 19.9 Å². The summed E-state index contributed by atoms with van der Waals surface area (Å²) in [5, 5.41) is 3.51. The molecule has 3 fully saturated rings. The van der Waals surface area contributed by atoms with Crippen molar-refractivity contribution in [3.8, 4) is 0 Å². The van der Waals surface area contributed by atoms with Crippen LogP contribution in [0.1, 0.15) is 32.1 Å². The number of guanidine groups is 1. The van der Waals surface area contributed by atoms with E-state index in [0.717, 1.165) is 45.2 Å². The summed E-state index contributed by atoms with van der Waals surface area (Å²) in [7, 11) is 3.56. The van der Waals surface area contributed by atoms with E-state index >= 15 is 0 Å². The van der Waals surface area contributed by atoms with Crippen molar-refractivity contribution in [1.29, 1.82) is 0 Å². The minimum atomic E-state index is 0.0473. The van der Waals surface area contributed by atoms with Gasteiger partial charge in [-0.15, -0.1) is 0 Å². The topological polar surface area (TPSA) is 57.2 Å². The van der Waals surface area contributed by atoms with Crippen LogP contribution in [0.4, 0.5) is 0 Å². The number of carbonyl (C=O) groups excluding carboxylic acids is 1. The molecule has 0 radical (unpaired) electrons. The molecule has 6 nitrogen and oxygen atoms in total. The summed E-state index contributed by atoms with van der Waals surface area (Å²) in [5.41, 5.74) is 0.532. The minimum Gasteiger partial charge on any atom is -0.381 e. The van der Waals surface area contributed by atoms with Crippen LogP contribution in [0.25, 0.3) is 0 Å².